The van der Waals surface area contributed by atoms with Crippen molar-refractivity contribution in [3.63, 3.8) is 0 Å². The van der Waals surface area contributed by atoms with E-state index in [1.54, 1.807) is 0 Å². The molecule has 2 rings (SSSR count). The minimum atomic E-state index is 0.687. The summed E-state index contributed by atoms with van der Waals surface area (Å²) < 4.78 is 2.01. The van der Waals surface area contributed by atoms with E-state index in [1.807, 2.05) is 17.9 Å². The average molecular weight is 263 g/mol. The predicted octanol–water partition coefficient (Wildman–Crippen LogP) is 3.16. The fourth-order valence-corrected chi connectivity index (χ4v) is 3.40. The van der Waals surface area contributed by atoms with Gasteiger partial charge in [-0.25, -0.2) is 0 Å². The number of hydrogen-bond acceptors (Lipinski definition) is 2. The number of hydrogen-bond donors (Lipinski definition) is 1. The quantitative estimate of drug-likeness (QED) is 0.854. The normalized spacial score (nSPS) is 25.4. The summed E-state index contributed by atoms with van der Waals surface area (Å²) in [5.41, 5.74) is 1.35. The second kappa shape index (κ2) is 7.09. The molecule has 3 nitrogen and oxygen atoms in total. The van der Waals surface area contributed by atoms with Crippen molar-refractivity contribution < 1.29 is 0 Å². The van der Waals surface area contributed by atoms with E-state index in [0.29, 0.717) is 6.04 Å². The van der Waals surface area contributed by atoms with Crippen LogP contribution in [0.25, 0.3) is 0 Å². The van der Waals surface area contributed by atoms with E-state index in [4.69, 9.17) is 0 Å². The molecule has 1 saturated carbocycles. The minimum Gasteiger partial charge on any atom is -0.314 e. The Labute approximate surface area is 117 Å². The Morgan fingerprint density at radius 1 is 1.37 bits per heavy atom. The molecule has 108 valence electrons. The third-order valence-electron chi connectivity index (χ3n) is 4.73. The zero-order chi connectivity index (χ0) is 13.7. The van der Waals surface area contributed by atoms with E-state index in [9.17, 15) is 0 Å². The van der Waals surface area contributed by atoms with E-state index >= 15 is 0 Å². The van der Waals surface area contributed by atoms with Crippen LogP contribution in [-0.4, -0.2) is 22.4 Å². The number of aromatic nitrogens is 2. The van der Waals surface area contributed by atoms with Crippen molar-refractivity contribution >= 4 is 0 Å². The van der Waals surface area contributed by atoms with Gasteiger partial charge in [0.05, 0.1) is 0 Å². The molecule has 1 unspecified atom stereocenters. The van der Waals surface area contributed by atoms with Gasteiger partial charge in [-0.2, -0.15) is 5.10 Å². The minimum absolute atomic E-state index is 0.687. The Balaban J connectivity index is 1.87. The van der Waals surface area contributed by atoms with Gasteiger partial charge in [0, 0.05) is 25.0 Å². The maximum absolute atomic E-state index is 4.26. The van der Waals surface area contributed by atoms with Gasteiger partial charge in [0.25, 0.3) is 0 Å². The Morgan fingerprint density at radius 3 is 2.68 bits per heavy atom. The molecule has 0 aliphatic heterocycles. The van der Waals surface area contributed by atoms with Crippen LogP contribution in [0.2, 0.25) is 0 Å². The Hall–Kier alpha value is -0.830. The largest absolute Gasteiger partial charge is 0.314 e. The maximum Gasteiger partial charge on any atom is 0.0492 e. The number of aryl methyl sites for hydroxylation is 2. The van der Waals surface area contributed by atoms with Gasteiger partial charge in [0.15, 0.2) is 0 Å². The first-order valence-electron chi connectivity index (χ1n) is 7.91. The maximum atomic E-state index is 4.26. The first-order chi connectivity index (χ1) is 9.20. The summed E-state index contributed by atoms with van der Waals surface area (Å²) in [7, 11) is 2.04. The van der Waals surface area contributed by atoms with Gasteiger partial charge >= 0.3 is 0 Å². The van der Waals surface area contributed by atoms with Gasteiger partial charge in [0.2, 0.25) is 0 Å². The van der Waals surface area contributed by atoms with Crippen LogP contribution in [0, 0.1) is 11.8 Å². The molecular formula is C16H29N3. The topological polar surface area (TPSA) is 29.9 Å². The van der Waals surface area contributed by atoms with E-state index in [2.05, 4.69) is 30.3 Å². The monoisotopic (exact) mass is 263 g/mol. The number of rotatable bonds is 6. The average Bonchev–Trinajstić information content (AvgIpc) is 2.81. The highest BCUT2D eigenvalue weighted by Crippen LogP contribution is 2.31. The molecule has 1 aromatic rings. The SMILES string of the molecule is CCNC(CCc1ccnn1C)C1CCC(C)CC1. The van der Waals surface area contributed by atoms with Crippen LogP contribution < -0.4 is 5.32 Å². The lowest BCUT2D eigenvalue weighted by atomic mass is 9.78. The molecular weight excluding hydrogens is 234 g/mol. The summed E-state index contributed by atoms with van der Waals surface area (Å²) >= 11 is 0. The van der Waals surface area contributed by atoms with Crippen molar-refractivity contribution in [2.45, 2.75) is 58.4 Å². The molecule has 0 bridgehead atoms. The molecule has 1 aromatic heterocycles. The van der Waals surface area contributed by atoms with Crippen LogP contribution in [0.4, 0.5) is 0 Å². The highest BCUT2D eigenvalue weighted by Gasteiger charge is 2.25. The molecule has 1 aliphatic rings. The Bertz CT molecular complexity index is 364. The molecule has 1 heterocycles. The summed E-state index contributed by atoms with van der Waals surface area (Å²) in [4.78, 5) is 0. The Morgan fingerprint density at radius 2 is 2.11 bits per heavy atom. The smallest absolute Gasteiger partial charge is 0.0492 e. The van der Waals surface area contributed by atoms with Crippen molar-refractivity contribution in [3.05, 3.63) is 18.0 Å². The molecule has 0 amide bonds. The van der Waals surface area contributed by atoms with Crippen molar-refractivity contribution in [1.29, 1.82) is 0 Å². The fourth-order valence-electron chi connectivity index (χ4n) is 3.40. The summed E-state index contributed by atoms with van der Waals surface area (Å²) in [5.74, 6) is 1.82. The van der Waals surface area contributed by atoms with Crippen molar-refractivity contribution in [3.8, 4) is 0 Å². The van der Waals surface area contributed by atoms with E-state index in [0.717, 1.165) is 24.8 Å². The van der Waals surface area contributed by atoms with Gasteiger partial charge in [0.1, 0.15) is 0 Å². The zero-order valence-electron chi connectivity index (χ0n) is 12.7. The van der Waals surface area contributed by atoms with E-state index in [-0.39, 0.29) is 0 Å². The van der Waals surface area contributed by atoms with E-state index in [1.165, 1.54) is 37.8 Å². The molecule has 3 heteroatoms. The molecule has 0 saturated heterocycles. The number of nitrogens with one attached hydrogen (secondary N) is 1. The number of nitrogens with zero attached hydrogens (tertiary/aromatic N) is 2. The standard InChI is InChI=1S/C16H29N3/c1-4-17-16(14-7-5-13(2)6-8-14)10-9-15-11-12-18-19(15)3/h11-14,16-17H,4-10H2,1-3H3. The first kappa shape index (κ1) is 14.6. The van der Waals surface area contributed by atoms with Crippen LogP contribution in [0.5, 0.6) is 0 Å². The fraction of sp³-hybridized carbons (Fsp3) is 0.812. The second-order valence-electron chi connectivity index (χ2n) is 6.17. The van der Waals surface area contributed by atoms with Crippen LogP contribution in [0.3, 0.4) is 0 Å². The van der Waals surface area contributed by atoms with Gasteiger partial charge in [-0.05, 0) is 50.1 Å². The molecule has 0 radical (unpaired) electrons. The van der Waals surface area contributed by atoms with Crippen LogP contribution >= 0.6 is 0 Å². The predicted molar refractivity (Wildman–Crippen MR) is 80.1 cm³/mol. The lowest BCUT2D eigenvalue weighted by molar-refractivity contribution is 0.223. The van der Waals surface area contributed by atoms with Crippen LogP contribution in [0.15, 0.2) is 12.3 Å². The lowest BCUT2D eigenvalue weighted by Crippen LogP contribution is -2.38. The summed E-state index contributed by atoms with van der Waals surface area (Å²) in [6, 6.07) is 2.83. The molecule has 1 N–H and O–H groups in total. The van der Waals surface area contributed by atoms with E-state index < -0.39 is 0 Å². The Kier molecular flexibility index (Phi) is 5.44. The van der Waals surface area contributed by atoms with Gasteiger partial charge in [-0.1, -0.05) is 26.7 Å². The third-order valence-corrected chi connectivity index (χ3v) is 4.73. The zero-order valence-corrected chi connectivity index (χ0v) is 12.7. The molecule has 1 fully saturated rings. The summed E-state index contributed by atoms with van der Waals surface area (Å²) in [6.07, 6.45) is 9.93. The molecule has 0 spiro atoms. The molecule has 1 aliphatic carbocycles. The molecule has 0 aromatic carbocycles. The van der Waals surface area contributed by atoms with Crippen molar-refractivity contribution in [1.82, 2.24) is 15.1 Å². The first-order valence-corrected chi connectivity index (χ1v) is 7.91. The highest BCUT2D eigenvalue weighted by molar-refractivity contribution is 5.00. The highest BCUT2D eigenvalue weighted by atomic mass is 15.2. The lowest BCUT2D eigenvalue weighted by Gasteiger charge is -2.33. The summed E-state index contributed by atoms with van der Waals surface area (Å²) in [5, 5.41) is 7.98. The summed E-state index contributed by atoms with van der Waals surface area (Å²) in [6.45, 7) is 5.71. The molecule has 1 atom stereocenters. The van der Waals surface area contributed by atoms with Crippen LogP contribution in [0.1, 0.15) is 51.6 Å². The van der Waals surface area contributed by atoms with Crippen LogP contribution in [-0.2, 0) is 13.5 Å². The van der Waals surface area contributed by atoms with Crippen molar-refractivity contribution in [2.75, 3.05) is 6.54 Å². The molecule has 19 heavy (non-hydrogen) atoms. The van der Waals surface area contributed by atoms with Crippen molar-refractivity contribution in [2.24, 2.45) is 18.9 Å². The van der Waals surface area contributed by atoms with Gasteiger partial charge in [-0.15, -0.1) is 0 Å². The van der Waals surface area contributed by atoms with Gasteiger partial charge in [-0.3, -0.25) is 4.68 Å². The van der Waals surface area contributed by atoms with Gasteiger partial charge < -0.3 is 5.32 Å². The third kappa shape index (κ3) is 4.07. The second-order valence-corrected chi connectivity index (χ2v) is 6.17.